The first kappa shape index (κ1) is 13.0. The average molecular weight is 199 g/mol. The maximum absolute atomic E-state index is 10.8. The van der Waals surface area contributed by atoms with Crippen molar-refractivity contribution in [3.63, 3.8) is 0 Å². The molecule has 0 saturated carbocycles. The molecule has 0 aliphatic carbocycles. The second-order valence-electron chi connectivity index (χ2n) is 3.98. The molecule has 0 N–H and O–H groups in total. The average Bonchev–Trinajstić information content (AvgIpc) is 2.12. The summed E-state index contributed by atoms with van der Waals surface area (Å²) in [6.45, 7) is 6.52. The molecule has 0 saturated heterocycles. The van der Waals surface area contributed by atoms with E-state index in [1.807, 2.05) is 11.9 Å². The Labute approximate surface area is 86.7 Å². The van der Waals surface area contributed by atoms with Gasteiger partial charge in [0.2, 0.25) is 0 Å². The van der Waals surface area contributed by atoms with Crippen molar-refractivity contribution in [2.75, 3.05) is 14.2 Å². The summed E-state index contributed by atoms with van der Waals surface area (Å²) in [6, 6.07) is 0.441. The SMILES string of the molecule is COC(=O)C=CN(C)C(C)CC(C)C. The lowest BCUT2D eigenvalue weighted by Gasteiger charge is -2.24. The summed E-state index contributed by atoms with van der Waals surface area (Å²) < 4.78 is 4.51. The molecule has 0 aromatic carbocycles. The van der Waals surface area contributed by atoms with E-state index < -0.39 is 0 Å². The summed E-state index contributed by atoms with van der Waals surface area (Å²) in [5, 5.41) is 0. The highest BCUT2D eigenvalue weighted by atomic mass is 16.5. The van der Waals surface area contributed by atoms with Crippen LogP contribution in [-0.2, 0) is 9.53 Å². The normalized spacial score (nSPS) is 13.3. The van der Waals surface area contributed by atoms with Crippen molar-refractivity contribution in [3.8, 4) is 0 Å². The maximum Gasteiger partial charge on any atom is 0.331 e. The summed E-state index contributed by atoms with van der Waals surface area (Å²) in [6.07, 6.45) is 4.32. The fourth-order valence-corrected chi connectivity index (χ4v) is 1.24. The van der Waals surface area contributed by atoms with Crippen molar-refractivity contribution in [1.29, 1.82) is 0 Å². The number of hydrogen-bond donors (Lipinski definition) is 0. The molecule has 14 heavy (non-hydrogen) atoms. The number of esters is 1. The summed E-state index contributed by atoms with van der Waals surface area (Å²) in [7, 11) is 3.34. The molecule has 3 nitrogen and oxygen atoms in total. The van der Waals surface area contributed by atoms with E-state index in [4.69, 9.17) is 0 Å². The zero-order chi connectivity index (χ0) is 11.1. The van der Waals surface area contributed by atoms with Crippen molar-refractivity contribution < 1.29 is 9.53 Å². The highest BCUT2D eigenvalue weighted by molar-refractivity contribution is 5.81. The largest absolute Gasteiger partial charge is 0.466 e. The van der Waals surface area contributed by atoms with Crippen molar-refractivity contribution in [3.05, 3.63) is 12.3 Å². The van der Waals surface area contributed by atoms with Crippen LogP contribution >= 0.6 is 0 Å². The maximum atomic E-state index is 10.8. The van der Waals surface area contributed by atoms with Crippen LogP contribution in [0, 0.1) is 5.92 Å². The number of rotatable bonds is 5. The van der Waals surface area contributed by atoms with E-state index in [0.29, 0.717) is 12.0 Å². The van der Waals surface area contributed by atoms with E-state index in [1.165, 1.54) is 13.2 Å². The van der Waals surface area contributed by atoms with Crippen molar-refractivity contribution in [1.82, 2.24) is 4.90 Å². The molecule has 0 spiro atoms. The highest BCUT2D eigenvalue weighted by Crippen LogP contribution is 2.09. The van der Waals surface area contributed by atoms with Crippen LogP contribution in [0.1, 0.15) is 27.2 Å². The minimum absolute atomic E-state index is 0.311. The Morgan fingerprint density at radius 2 is 2.00 bits per heavy atom. The highest BCUT2D eigenvalue weighted by Gasteiger charge is 2.07. The van der Waals surface area contributed by atoms with Crippen LogP contribution < -0.4 is 0 Å². The first-order valence-electron chi connectivity index (χ1n) is 4.95. The van der Waals surface area contributed by atoms with Gasteiger partial charge in [0, 0.05) is 25.4 Å². The molecule has 0 radical (unpaired) electrons. The standard InChI is InChI=1S/C11H21NO2/c1-9(2)8-10(3)12(4)7-6-11(13)14-5/h6-7,9-10H,8H2,1-5H3. The molecule has 0 fully saturated rings. The molecule has 0 aliphatic rings. The Kier molecular flexibility index (Phi) is 6.00. The molecule has 0 aromatic heterocycles. The monoisotopic (exact) mass is 199 g/mol. The van der Waals surface area contributed by atoms with Crippen LogP contribution in [0.25, 0.3) is 0 Å². The second kappa shape index (κ2) is 6.46. The smallest absolute Gasteiger partial charge is 0.331 e. The van der Waals surface area contributed by atoms with E-state index in [-0.39, 0.29) is 5.97 Å². The van der Waals surface area contributed by atoms with E-state index in [1.54, 1.807) is 6.20 Å². The summed E-state index contributed by atoms with van der Waals surface area (Å²) in [5.41, 5.74) is 0. The van der Waals surface area contributed by atoms with Crippen LogP contribution in [0.2, 0.25) is 0 Å². The lowest BCUT2D eigenvalue weighted by atomic mass is 10.0. The molecular formula is C11H21NO2. The quantitative estimate of drug-likeness (QED) is 0.501. The van der Waals surface area contributed by atoms with E-state index in [2.05, 4.69) is 25.5 Å². The van der Waals surface area contributed by atoms with Gasteiger partial charge in [0.1, 0.15) is 0 Å². The minimum Gasteiger partial charge on any atom is -0.466 e. The number of methoxy groups -OCH3 is 1. The van der Waals surface area contributed by atoms with E-state index >= 15 is 0 Å². The number of carbonyl (C=O) groups is 1. The number of ether oxygens (including phenoxy) is 1. The molecule has 0 aliphatic heterocycles. The molecule has 0 bridgehead atoms. The van der Waals surface area contributed by atoms with Crippen LogP contribution in [0.4, 0.5) is 0 Å². The van der Waals surface area contributed by atoms with Gasteiger partial charge in [-0.2, -0.15) is 0 Å². The Bertz CT molecular complexity index is 199. The third-order valence-corrected chi connectivity index (χ3v) is 2.15. The predicted molar refractivity (Wildman–Crippen MR) is 57.8 cm³/mol. The van der Waals surface area contributed by atoms with Crippen molar-refractivity contribution in [2.24, 2.45) is 5.92 Å². The molecule has 0 amide bonds. The van der Waals surface area contributed by atoms with Crippen molar-refractivity contribution >= 4 is 5.97 Å². The van der Waals surface area contributed by atoms with E-state index in [9.17, 15) is 4.79 Å². The van der Waals surface area contributed by atoms with Crippen LogP contribution in [0.5, 0.6) is 0 Å². The van der Waals surface area contributed by atoms with Crippen LogP contribution in [0.3, 0.4) is 0 Å². The first-order chi connectivity index (χ1) is 6.47. The van der Waals surface area contributed by atoms with Crippen LogP contribution in [-0.4, -0.2) is 31.1 Å². The fourth-order valence-electron chi connectivity index (χ4n) is 1.24. The summed E-state index contributed by atoms with van der Waals surface area (Å²) in [4.78, 5) is 12.9. The third kappa shape index (κ3) is 5.62. The zero-order valence-corrected chi connectivity index (χ0v) is 9.78. The van der Waals surface area contributed by atoms with Crippen molar-refractivity contribution in [2.45, 2.75) is 33.2 Å². The van der Waals surface area contributed by atoms with Gasteiger partial charge in [0.25, 0.3) is 0 Å². The summed E-state index contributed by atoms with van der Waals surface area (Å²) >= 11 is 0. The van der Waals surface area contributed by atoms with Gasteiger partial charge in [-0.15, -0.1) is 0 Å². The Morgan fingerprint density at radius 1 is 1.43 bits per heavy atom. The van der Waals surface area contributed by atoms with Gasteiger partial charge in [-0.3, -0.25) is 0 Å². The third-order valence-electron chi connectivity index (χ3n) is 2.15. The number of nitrogens with zero attached hydrogens (tertiary/aromatic N) is 1. The molecule has 0 heterocycles. The Morgan fingerprint density at radius 3 is 2.43 bits per heavy atom. The molecule has 1 unspecified atom stereocenters. The predicted octanol–water partition coefficient (Wildman–Crippen LogP) is 2.04. The van der Waals surface area contributed by atoms with Crippen LogP contribution in [0.15, 0.2) is 12.3 Å². The molecule has 82 valence electrons. The topological polar surface area (TPSA) is 29.5 Å². The van der Waals surface area contributed by atoms with Gasteiger partial charge in [0.15, 0.2) is 0 Å². The Hall–Kier alpha value is -0.990. The van der Waals surface area contributed by atoms with Gasteiger partial charge in [-0.1, -0.05) is 13.8 Å². The number of hydrogen-bond acceptors (Lipinski definition) is 3. The lowest BCUT2D eigenvalue weighted by Crippen LogP contribution is -2.25. The van der Waals surface area contributed by atoms with Gasteiger partial charge in [-0.25, -0.2) is 4.79 Å². The summed E-state index contributed by atoms with van der Waals surface area (Å²) in [5.74, 6) is 0.354. The van der Waals surface area contributed by atoms with E-state index in [0.717, 1.165) is 6.42 Å². The van der Waals surface area contributed by atoms with Gasteiger partial charge in [0.05, 0.1) is 7.11 Å². The second-order valence-corrected chi connectivity index (χ2v) is 3.98. The van der Waals surface area contributed by atoms with Gasteiger partial charge < -0.3 is 9.64 Å². The Balaban J connectivity index is 4.00. The molecule has 1 atom stereocenters. The molecular weight excluding hydrogens is 178 g/mol. The first-order valence-corrected chi connectivity index (χ1v) is 4.95. The number of carbonyl (C=O) groups excluding carboxylic acids is 1. The lowest BCUT2D eigenvalue weighted by molar-refractivity contribution is -0.134. The molecule has 0 aromatic rings. The van der Waals surface area contributed by atoms with Gasteiger partial charge >= 0.3 is 5.97 Å². The molecule has 3 heteroatoms. The van der Waals surface area contributed by atoms with Gasteiger partial charge in [-0.05, 0) is 19.3 Å². The minimum atomic E-state index is -0.311. The molecule has 0 rings (SSSR count). The zero-order valence-electron chi connectivity index (χ0n) is 9.78. The fraction of sp³-hybridized carbons (Fsp3) is 0.727.